The smallest absolute Gasteiger partial charge is 0.345 e. The minimum atomic E-state index is -0.604. The molecule has 0 aliphatic carbocycles. The summed E-state index contributed by atoms with van der Waals surface area (Å²) in [7, 11) is 0. The summed E-state index contributed by atoms with van der Waals surface area (Å²) in [6.07, 6.45) is 40.1. The summed E-state index contributed by atoms with van der Waals surface area (Å²) in [4.78, 5) is 62.7. The lowest BCUT2D eigenvalue weighted by Crippen LogP contribution is -2.11. The maximum absolute atomic E-state index is 13.7. The fourth-order valence-electron chi connectivity index (χ4n) is 11.6. The molecule has 0 unspecified atom stereocenters. The van der Waals surface area contributed by atoms with Crippen molar-refractivity contribution in [3.8, 4) is 62.8 Å². The summed E-state index contributed by atoms with van der Waals surface area (Å²) in [5.41, 5.74) is 6.79. The maximum atomic E-state index is 13.7. The first-order valence-electron chi connectivity index (χ1n) is 36.2. The van der Waals surface area contributed by atoms with Gasteiger partial charge in [-0.25, -0.2) is 19.2 Å². The molecule has 0 saturated heterocycles. The lowest BCUT2D eigenvalue weighted by molar-refractivity contribution is 0.0719. The van der Waals surface area contributed by atoms with E-state index in [1.165, 1.54) is 166 Å². The molecule has 13 nitrogen and oxygen atoms in total. The molecule has 0 bridgehead atoms. The highest BCUT2D eigenvalue weighted by atomic mass is 16.6. The van der Waals surface area contributed by atoms with E-state index in [9.17, 15) is 19.2 Å². The Kier molecular flexibility index (Phi) is 33.6. The second-order valence-corrected chi connectivity index (χ2v) is 25.6. The van der Waals surface area contributed by atoms with Crippen LogP contribution in [0.15, 0.2) is 134 Å². The summed E-state index contributed by atoms with van der Waals surface area (Å²) in [5, 5.41) is 0. The van der Waals surface area contributed by atoms with Gasteiger partial charge in [0.05, 0.1) is 53.5 Å². The summed E-state index contributed by atoms with van der Waals surface area (Å²) in [5.74, 6) is 0.785. The predicted molar refractivity (Wildman–Crippen MR) is 385 cm³/mol. The Bertz CT molecular complexity index is 3430. The molecule has 2 heterocycles. The van der Waals surface area contributed by atoms with E-state index in [0.717, 1.165) is 66.3 Å². The van der Waals surface area contributed by atoms with Crippen molar-refractivity contribution < 1.29 is 52.3 Å². The molecule has 0 aliphatic heterocycles. The molecular formula is C83H106N2O11. The van der Waals surface area contributed by atoms with Crippen LogP contribution in [0.5, 0.6) is 40.2 Å². The van der Waals surface area contributed by atoms with E-state index in [1.54, 1.807) is 97.1 Å². The van der Waals surface area contributed by atoms with Gasteiger partial charge in [-0.1, -0.05) is 212 Å². The normalized spacial score (nSPS) is 11.1. The Labute approximate surface area is 572 Å². The number of esters is 4. The van der Waals surface area contributed by atoms with Gasteiger partial charge in [0.15, 0.2) is 11.5 Å². The zero-order valence-electron chi connectivity index (χ0n) is 58.4. The minimum Gasteiger partial charge on any atom is -0.493 e. The standard InChI is InChI=1S/C83H106N2O11/c1-7-10-13-16-19-22-25-28-31-34-52-90-77-58-69(55-62(4)64(77)6)82(88)95-73-46-42-71(43-47-73)93-80(86)67-40-50-75(84-60-67)65-38-37-39-66(57-65)76-51-41-68(61-85-76)81(87)94-72-44-48-74(49-45-72)96-83(89)70-56-63(5)79(92-54-36-33-30-27-24-21-18-15-12-9-3)78(59-70)91-53-35-32-29-26-23-20-17-14-11-8-2/h37-51,55-61H,7-36,52-54H2,1-6H3. The van der Waals surface area contributed by atoms with Gasteiger partial charge >= 0.3 is 23.9 Å². The van der Waals surface area contributed by atoms with Crippen LogP contribution < -0.4 is 33.2 Å². The molecule has 0 atom stereocenters. The van der Waals surface area contributed by atoms with E-state index in [2.05, 4.69) is 30.7 Å². The number of carbonyl (C=O) groups is 4. The number of aryl methyl sites for hydroxylation is 2. The minimum absolute atomic E-state index is 0.244. The number of nitrogens with zero attached hydrogens (tertiary/aromatic N) is 2. The molecule has 7 rings (SSSR count). The van der Waals surface area contributed by atoms with Crippen molar-refractivity contribution in [3.05, 3.63) is 173 Å². The molecule has 0 N–H and O–H groups in total. The second-order valence-electron chi connectivity index (χ2n) is 25.6. The van der Waals surface area contributed by atoms with Gasteiger partial charge in [-0.05, 0) is 160 Å². The van der Waals surface area contributed by atoms with Gasteiger partial charge in [-0.3, -0.25) is 9.97 Å². The van der Waals surface area contributed by atoms with E-state index in [-0.39, 0.29) is 28.4 Å². The molecule has 0 spiro atoms. The quantitative estimate of drug-likeness (QED) is 0.0202. The summed E-state index contributed by atoms with van der Waals surface area (Å²) >= 11 is 0. The molecule has 13 heteroatoms. The molecule has 2 aromatic heterocycles. The van der Waals surface area contributed by atoms with Crippen LogP contribution in [0.25, 0.3) is 22.5 Å². The maximum Gasteiger partial charge on any atom is 0.345 e. The third kappa shape index (κ3) is 26.4. The van der Waals surface area contributed by atoms with E-state index in [0.29, 0.717) is 65.3 Å². The Balaban J connectivity index is 0.854. The van der Waals surface area contributed by atoms with Crippen molar-refractivity contribution in [2.24, 2.45) is 0 Å². The van der Waals surface area contributed by atoms with E-state index >= 15 is 0 Å². The van der Waals surface area contributed by atoms with Crippen LogP contribution in [0.2, 0.25) is 0 Å². The molecule has 514 valence electrons. The van der Waals surface area contributed by atoms with Crippen molar-refractivity contribution in [1.29, 1.82) is 0 Å². The number of unbranched alkanes of at least 4 members (excludes halogenated alkanes) is 27. The average molecular weight is 1310 g/mol. The van der Waals surface area contributed by atoms with Crippen LogP contribution in [-0.2, 0) is 0 Å². The number of hydrogen-bond acceptors (Lipinski definition) is 13. The van der Waals surface area contributed by atoms with Crippen molar-refractivity contribution in [2.45, 2.75) is 234 Å². The number of aromatic nitrogens is 2. The molecule has 0 radical (unpaired) electrons. The number of benzene rings is 5. The van der Waals surface area contributed by atoms with Gasteiger partial charge < -0.3 is 33.2 Å². The SMILES string of the molecule is CCCCCCCCCCCCOc1cc(C(=O)Oc2ccc(OC(=O)c3ccc(-c4cccc(-c5ccc(C(=O)Oc6ccc(OC(=O)c7cc(C)c(OCCCCCCCCCCCC)c(OCCCCCCCCCCCC)c7)cc6)cn5)c4)nc3)cc2)cc(C)c1C. The first-order valence-corrected chi connectivity index (χ1v) is 36.2. The highest BCUT2D eigenvalue weighted by Crippen LogP contribution is 2.35. The Morgan fingerprint density at radius 2 is 0.625 bits per heavy atom. The van der Waals surface area contributed by atoms with Gasteiger partial charge in [0.1, 0.15) is 28.7 Å². The third-order valence-electron chi connectivity index (χ3n) is 17.5. The molecular weight excluding hydrogens is 1200 g/mol. The van der Waals surface area contributed by atoms with Crippen LogP contribution in [0.3, 0.4) is 0 Å². The Morgan fingerprint density at radius 1 is 0.312 bits per heavy atom. The molecule has 5 aromatic carbocycles. The van der Waals surface area contributed by atoms with Crippen LogP contribution in [-0.4, -0.2) is 53.7 Å². The average Bonchev–Trinajstić information content (AvgIpc) is 0.997. The fourth-order valence-corrected chi connectivity index (χ4v) is 11.6. The van der Waals surface area contributed by atoms with Crippen molar-refractivity contribution in [1.82, 2.24) is 9.97 Å². The van der Waals surface area contributed by atoms with Gasteiger partial charge in [-0.15, -0.1) is 0 Å². The monoisotopic (exact) mass is 1310 g/mol. The number of carbonyl (C=O) groups excluding carboxylic acids is 4. The Hall–Kier alpha value is -8.32. The van der Waals surface area contributed by atoms with Crippen molar-refractivity contribution in [3.63, 3.8) is 0 Å². The van der Waals surface area contributed by atoms with Gasteiger partial charge in [0.25, 0.3) is 0 Å². The Morgan fingerprint density at radius 3 is 0.979 bits per heavy atom. The fraction of sp³-hybridized carbons (Fsp3) is 0.470. The topological polar surface area (TPSA) is 159 Å². The van der Waals surface area contributed by atoms with Gasteiger partial charge in [0.2, 0.25) is 0 Å². The highest BCUT2D eigenvalue weighted by molar-refractivity contribution is 5.94. The van der Waals surface area contributed by atoms with Gasteiger partial charge in [0, 0.05) is 23.5 Å². The van der Waals surface area contributed by atoms with Crippen molar-refractivity contribution >= 4 is 23.9 Å². The number of ether oxygens (including phenoxy) is 7. The molecule has 0 saturated carbocycles. The van der Waals surface area contributed by atoms with Crippen molar-refractivity contribution in [2.75, 3.05) is 19.8 Å². The zero-order chi connectivity index (χ0) is 68.0. The van der Waals surface area contributed by atoms with E-state index < -0.39 is 23.9 Å². The first kappa shape index (κ1) is 75.1. The van der Waals surface area contributed by atoms with Crippen LogP contribution in [0.1, 0.15) is 272 Å². The number of rotatable bonds is 46. The predicted octanol–water partition coefficient (Wildman–Crippen LogP) is 22.5. The molecule has 7 aromatic rings. The van der Waals surface area contributed by atoms with Gasteiger partial charge in [-0.2, -0.15) is 0 Å². The summed E-state index contributed by atoms with van der Waals surface area (Å²) in [6, 6.07) is 34.1. The molecule has 0 amide bonds. The summed E-state index contributed by atoms with van der Waals surface area (Å²) in [6.45, 7) is 14.4. The van der Waals surface area contributed by atoms with Crippen LogP contribution >= 0.6 is 0 Å². The number of pyridine rings is 2. The second kappa shape index (κ2) is 43.0. The zero-order valence-corrected chi connectivity index (χ0v) is 58.4. The highest BCUT2D eigenvalue weighted by Gasteiger charge is 2.20. The molecule has 0 fully saturated rings. The number of hydrogen-bond donors (Lipinski definition) is 0. The van der Waals surface area contributed by atoms with E-state index in [4.69, 9.17) is 33.2 Å². The third-order valence-corrected chi connectivity index (χ3v) is 17.5. The van der Waals surface area contributed by atoms with E-state index in [1.807, 2.05) is 45.0 Å². The van der Waals surface area contributed by atoms with Crippen LogP contribution in [0, 0.1) is 20.8 Å². The molecule has 96 heavy (non-hydrogen) atoms. The first-order chi connectivity index (χ1) is 46.9. The largest absolute Gasteiger partial charge is 0.493 e. The lowest BCUT2D eigenvalue weighted by Gasteiger charge is -2.17. The lowest BCUT2D eigenvalue weighted by atomic mass is 10.0. The molecule has 0 aliphatic rings. The van der Waals surface area contributed by atoms with Crippen LogP contribution in [0.4, 0.5) is 0 Å². The summed E-state index contributed by atoms with van der Waals surface area (Å²) < 4.78 is 41.8.